The Labute approximate surface area is 125 Å². The average Bonchev–Trinajstić information content (AvgIpc) is 3.24. The smallest absolute Gasteiger partial charge is 0.221 e. The van der Waals surface area contributed by atoms with Gasteiger partial charge in [-0.1, -0.05) is 0 Å². The third kappa shape index (κ3) is 4.12. The molecule has 114 valence electrons. The first kappa shape index (κ1) is 14.7. The number of hydrogen-bond donors (Lipinski definition) is 2. The van der Waals surface area contributed by atoms with Gasteiger partial charge in [0.1, 0.15) is 0 Å². The molecule has 1 spiro atoms. The first-order valence-electron chi connectivity index (χ1n) is 8.00. The van der Waals surface area contributed by atoms with Crippen LogP contribution in [-0.2, 0) is 9.53 Å². The van der Waals surface area contributed by atoms with Gasteiger partial charge in [-0.2, -0.15) is 11.8 Å². The van der Waals surface area contributed by atoms with E-state index in [1.807, 2.05) is 11.8 Å². The van der Waals surface area contributed by atoms with Crippen LogP contribution in [0, 0.1) is 0 Å². The van der Waals surface area contributed by atoms with E-state index in [0.717, 1.165) is 26.0 Å². The summed E-state index contributed by atoms with van der Waals surface area (Å²) in [7, 11) is 0. The summed E-state index contributed by atoms with van der Waals surface area (Å²) < 4.78 is 6.09. The molecule has 0 aromatic rings. The summed E-state index contributed by atoms with van der Waals surface area (Å²) in [4.78, 5) is 11.7. The summed E-state index contributed by atoms with van der Waals surface area (Å²) in [6.45, 7) is 1.67. The summed E-state index contributed by atoms with van der Waals surface area (Å²) >= 11 is 2.04. The average molecular weight is 298 g/mol. The monoisotopic (exact) mass is 298 g/mol. The SMILES string of the molecule is O=C(CCNC1CCOC2(CCSCC2)C1)NC1CC1. The molecule has 0 aromatic heterocycles. The minimum atomic E-state index is 0.136. The molecule has 2 aliphatic heterocycles. The van der Waals surface area contributed by atoms with Crippen molar-refractivity contribution in [1.82, 2.24) is 10.6 Å². The van der Waals surface area contributed by atoms with E-state index in [4.69, 9.17) is 4.74 Å². The minimum Gasteiger partial charge on any atom is -0.375 e. The number of rotatable bonds is 5. The molecule has 1 amide bonds. The Kier molecular flexibility index (Phi) is 4.89. The predicted molar refractivity (Wildman–Crippen MR) is 82.0 cm³/mol. The first-order valence-corrected chi connectivity index (χ1v) is 9.16. The second-order valence-corrected chi connectivity index (χ2v) is 7.60. The molecule has 2 N–H and O–H groups in total. The standard InChI is InChI=1S/C15H26N2O2S/c18-14(17-12-1-2-12)3-7-16-13-4-8-19-15(11-13)5-9-20-10-6-15/h12-13,16H,1-11H2,(H,17,18). The van der Waals surface area contributed by atoms with Crippen LogP contribution < -0.4 is 10.6 Å². The van der Waals surface area contributed by atoms with Crippen LogP contribution in [0.4, 0.5) is 0 Å². The van der Waals surface area contributed by atoms with Gasteiger partial charge in [0.05, 0.1) is 5.60 Å². The van der Waals surface area contributed by atoms with Crippen LogP contribution in [0.25, 0.3) is 0 Å². The van der Waals surface area contributed by atoms with E-state index in [-0.39, 0.29) is 11.5 Å². The Balaban J connectivity index is 1.37. The molecule has 1 aliphatic carbocycles. The molecule has 20 heavy (non-hydrogen) atoms. The van der Waals surface area contributed by atoms with Crippen LogP contribution in [0.5, 0.6) is 0 Å². The van der Waals surface area contributed by atoms with Crippen molar-refractivity contribution in [3.8, 4) is 0 Å². The maximum absolute atomic E-state index is 11.7. The van der Waals surface area contributed by atoms with Crippen LogP contribution in [0.1, 0.15) is 44.9 Å². The minimum absolute atomic E-state index is 0.136. The molecule has 1 atom stereocenters. The summed E-state index contributed by atoms with van der Waals surface area (Å²) in [5.41, 5.74) is 0.136. The number of carbonyl (C=O) groups is 1. The fourth-order valence-electron chi connectivity index (χ4n) is 3.21. The third-order valence-corrected chi connectivity index (χ3v) is 5.61. The normalized spacial score (nSPS) is 29.3. The van der Waals surface area contributed by atoms with Crippen molar-refractivity contribution in [2.45, 2.75) is 62.6 Å². The highest BCUT2D eigenvalue weighted by molar-refractivity contribution is 7.99. The fraction of sp³-hybridized carbons (Fsp3) is 0.933. The molecule has 0 bridgehead atoms. The van der Waals surface area contributed by atoms with Crippen molar-refractivity contribution in [3.05, 3.63) is 0 Å². The van der Waals surface area contributed by atoms with Gasteiger partial charge in [0.25, 0.3) is 0 Å². The number of amides is 1. The number of carbonyl (C=O) groups excluding carboxylic acids is 1. The van der Waals surface area contributed by atoms with Gasteiger partial charge in [-0.15, -0.1) is 0 Å². The van der Waals surface area contributed by atoms with Crippen LogP contribution in [-0.4, -0.2) is 48.2 Å². The number of ether oxygens (including phenoxy) is 1. The fourth-order valence-corrected chi connectivity index (χ4v) is 4.45. The van der Waals surface area contributed by atoms with Crippen molar-refractivity contribution in [2.75, 3.05) is 24.7 Å². The Bertz CT molecular complexity index is 335. The molecular formula is C15H26N2O2S. The van der Waals surface area contributed by atoms with Crippen molar-refractivity contribution < 1.29 is 9.53 Å². The third-order valence-electron chi connectivity index (χ3n) is 4.62. The van der Waals surface area contributed by atoms with Gasteiger partial charge in [0, 0.05) is 31.7 Å². The summed E-state index contributed by atoms with van der Waals surface area (Å²) in [5, 5.41) is 6.61. The lowest BCUT2D eigenvalue weighted by molar-refractivity contribution is -0.121. The van der Waals surface area contributed by atoms with Gasteiger partial charge >= 0.3 is 0 Å². The zero-order chi connectivity index (χ0) is 13.8. The summed E-state index contributed by atoms with van der Waals surface area (Å²) in [6.07, 6.45) is 7.53. The number of hydrogen-bond acceptors (Lipinski definition) is 4. The van der Waals surface area contributed by atoms with Gasteiger partial charge in [-0.3, -0.25) is 4.79 Å². The molecule has 3 rings (SSSR count). The molecule has 0 radical (unpaired) electrons. The van der Waals surface area contributed by atoms with E-state index < -0.39 is 0 Å². The van der Waals surface area contributed by atoms with Crippen molar-refractivity contribution in [1.29, 1.82) is 0 Å². The van der Waals surface area contributed by atoms with Crippen molar-refractivity contribution in [2.24, 2.45) is 0 Å². The molecule has 2 heterocycles. The summed E-state index contributed by atoms with van der Waals surface area (Å²) in [5.74, 6) is 2.67. The zero-order valence-corrected chi connectivity index (χ0v) is 13.0. The highest BCUT2D eigenvalue weighted by atomic mass is 32.2. The Morgan fingerprint density at radius 1 is 1.20 bits per heavy atom. The number of thioether (sulfide) groups is 1. The Hall–Kier alpha value is -0.260. The predicted octanol–water partition coefficient (Wildman–Crippen LogP) is 1.69. The van der Waals surface area contributed by atoms with Gasteiger partial charge in [0.2, 0.25) is 5.91 Å². The van der Waals surface area contributed by atoms with Crippen LogP contribution in [0.3, 0.4) is 0 Å². The van der Waals surface area contributed by atoms with Crippen LogP contribution in [0.15, 0.2) is 0 Å². The molecular weight excluding hydrogens is 272 g/mol. The van der Waals surface area contributed by atoms with Crippen molar-refractivity contribution in [3.63, 3.8) is 0 Å². The first-order chi connectivity index (χ1) is 9.76. The van der Waals surface area contributed by atoms with E-state index in [1.54, 1.807) is 0 Å². The van der Waals surface area contributed by atoms with E-state index in [9.17, 15) is 4.79 Å². The van der Waals surface area contributed by atoms with Crippen LogP contribution in [0.2, 0.25) is 0 Å². The lowest BCUT2D eigenvalue weighted by Gasteiger charge is -2.43. The van der Waals surface area contributed by atoms with E-state index in [0.29, 0.717) is 18.5 Å². The highest BCUT2D eigenvalue weighted by Gasteiger charge is 2.38. The van der Waals surface area contributed by atoms with E-state index >= 15 is 0 Å². The lowest BCUT2D eigenvalue weighted by atomic mass is 9.85. The van der Waals surface area contributed by atoms with Gasteiger partial charge < -0.3 is 15.4 Å². The molecule has 4 nitrogen and oxygen atoms in total. The van der Waals surface area contributed by atoms with Gasteiger partial charge in [-0.25, -0.2) is 0 Å². The van der Waals surface area contributed by atoms with Crippen LogP contribution >= 0.6 is 11.8 Å². The maximum Gasteiger partial charge on any atom is 0.221 e. The Morgan fingerprint density at radius 2 is 2.00 bits per heavy atom. The molecule has 0 aromatic carbocycles. The maximum atomic E-state index is 11.7. The lowest BCUT2D eigenvalue weighted by Crippen LogP contribution is -2.49. The van der Waals surface area contributed by atoms with Gasteiger partial charge in [-0.05, 0) is 50.0 Å². The van der Waals surface area contributed by atoms with E-state index in [2.05, 4.69) is 10.6 Å². The highest BCUT2D eigenvalue weighted by Crippen LogP contribution is 2.37. The Morgan fingerprint density at radius 3 is 2.75 bits per heavy atom. The quantitative estimate of drug-likeness (QED) is 0.811. The molecule has 1 unspecified atom stereocenters. The number of nitrogens with one attached hydrogen (secondary N) is 2. The van der Waals surface area contributed by atoms with E-state index in [1.165, 1.54) is 37.2 Å². The molecule has 2 saturated heterocycles. The molecule has 5 heteroatoms. The zero-order valence-electron chi connectivity index (χ0n) is 12.2. The second-order valence-electron chi connectivity index (χ2n) is 6.38. The van der Waals surface area contributed by atoms with Gasteiger partial charge in [0.15, 0.2) is 0 Å². The molecule has 3 fully saturated rings. The van der Waals surface area contributed by atoms with Crippen molar-refractivity contribution >= 4 is 17.7 Å². The second kappa shape index (κ2) is 6.67. The topological polar surface area (TPSA) is 50.4 Å². The largest absolute Gasteiger partial charge is 0.375 e. The molecule has 1 saturated carbocycles. The molecule has 3 aliphatic rings. The summed E-state index contributed by atoms with van der Waals surface area (Å²) in [6, 6.07) is 1.01.